The second-order valence-corrected chi connectivity index (χ2v) is 5.84. The number of ether oxygens (including phenoxy) is 2. The van der Waals surface area contributed by atoms with E-state index in [4.69, 9.17) is 35.0 Å². The Hall–Kier alpha value is -1.47. The van der Waals surface area contributed by atoms with Gasteiger partial charge < -0.3 is 40.4 Å². The molecule has 0 radical (unpaired) electrons. The summed E-state index contributed by atoms with van der Waals surface area (Å²) in [7, 11) is 0. The van der Waals surface area contributed by atoms with Crippen LogP contribution in [0.3, 0.4) is 0 Å². The van der Waals surface area contributed by atoms with Gasteiger partial charge in [0, 0.05) is 18.3 Å². The lowest BCUT2D eigenvalue weighted by molar-refractivity contribution is -0.137. The van der Waals surface area contributed by atoms with Crippen molar-refractivity contribution in [2.24, 2.45) is 0 Å². The van der Waals surface area contributed by atoms with E-state index in [-0.39, 0.29) is 52.1 Å². The second-order valence-electron chi connectivity index (χ2n) is 5.84. The van der Waals surface area contributed by atoms with E-state index in [0.717, 1.165) is 5.70 Å². The van der Waals surface area contributed by atoms with Crippen molar-refractivity contribution in [3.8, 4) is 0 Å². The molecule has 0 amide bonds. The molecule has 0 saturated heterocycles. The predicted molar refractivity (Wildman–Crippen MR) is 89.3 cm³/mol. The summed E-state index contributed by atoms with van der Waals surface area (Å²) in [6, 6.07) is -0.388. The number of hydrogen-bond acceptors (Lipinski definition) is 10. The van der Waals surface area contributed by atoms with E-state index in [1.165, 1.54) is 0 Å². The van der Waals surface area contributed by atoms with Gasteiger partial charge in [0.15, 0.2) is 0 Å². The molecular weight excluding hydrogens is 350 g/mol. The van der Waals surface area contributed by atoms with Crippen LogP contribution in [-0.4, -0.2) is 94.4 Å². The molecule has 0 aromatic rings. The lowest BCUT2D eigenvalue weighted by Gasteiger charge is -2.29. The molecule has 7 N–H and O–H groups in total. The van der Waals surface area contributed by atoms with Crippen LogP contribution in [0.2, 0.25) is 0 Å². The van der Waals surface area contributed by atoms with Gasteiger partial charge in [-0.25, -0.2) is 0 Å². The Labute approximate surface area is 151 Å². The number of aliphatic hydroxyl groups excluding tert-OH is 4. The normalized spacial score (nSPS) is 14.4. The molecule has 0 bridgehead atoms. The molecule has 0 atom stereocenters. The van der Waals surface area contributed by atoms with Crippen LogP contribution in [0.4, 0.5) is 0 Å². The van der Waals surface area contributed by atoms with Crippen molar-refractivity contribution in [2.45, 2.75) is 37.5 Å². The topological polar surface area (TPSA) is 164 Å². The number of rotatable bonds is 15. The Morgan fingerprint density at radius 3 is 2.04 bits per heavy atom. The van der Waals surface area contributed by atoms with Gasteiger partial charge in [0.1, 0.15) is 12.2 Å². The summed E-state index contributed by atoms with van der Waals surface area (Å²) in [5.74, 6) is -0.855. The third-order valence-electron chi connectivity index (χ3n) is 3.73. The number of aliphatic carboxylic acids is 1. The number of hydrazine groups is 2. The first-order chi connectivity index (χ1) is 12.5. The van der Waals surface area contributed by atoms with Crippen molar-refractivity contribution in [1.29, 1.82) is 0 Å². The Kier molecular flexibility index (Phi) is 11.1. The first kappa shape index (κ1) is 22.6. The molecule has 0 aliphatic carbocycles. The summed E-state index contributed by atoms with van der Waals surface area (Å²) in [4.78, 5) is 10.6. The van der Waals surface area contributed by atoms with Gasteiger partial charge >= 0.3 is 5.97 Å². The molecule has 1 aliphatic rings. The maximum atomic E-state index is 10.6. The largest absolute Gasteiger partial charge is 0.481 e. The minimum Gasteiger partial charge on any atom is -0.481 e. The van der Waals surface area contributed by atoms with Crippen LogP contribution in [0.5, 0.6) is 0 Å². The molecule has 152 valence electrons. The molecule has 0 saturated carbocycles. The third kappa shape index (κ3) is 8.27. The summed E-state index contributed by atoms with van der Waals surface area (Å²) in [6.07, 6.45) is 1.39. The molecule has 0 aromatic carbocycles. The van der Waals surface area contributed by atoms with E-state index in [1.54, 1.807) is 11.2 Å². The van der Waals surface area contributed by atoms with Crippen molar-refractivity contribution >= 4 is 5.97 Å². The van der Waals surface area contributed by atoms with Gasteiger partial charge in [-0.3, -0.25) is 9.80 Å². The van der Waals surface area contributed by atoms with E-state index in [1.807, 2.05) is 0 Å². The summed E-state index contributed by atoms with van der Waals surface area (Å²) in [5, 5.41) is 46.7. The van der Waals surface area contributed by atoms with E-state index in [0.29, 0.717) is 12.8 Å². The van der Waals surface area contributed by atoms with E-state index in [9.17, 15) is 4.79 Å². The highest BCUT2D eigenvalue weighted by atomic mass is 16.5. The summed E-state index contributed by atoms with van der Waals surface area (Å²) in [5.41, 5.74) is 6.62. The van der Waals surface area contributed by atoms with Crippen LogP contribution < -0.4 is 11.0 Å². The highest BCUT2D eigenvalue weighted by Crippen LogP contribution is 2.13. The summed E-state index contributed by atoms with van der Waals surface area (Å²) < 4.78 is 10.9. The molecule has 26 heavy (non-hydrogen) atoms. The number of allylic oxidation sites excluding steroid dienone is 1. The van der Waals surface area contributed by atoms with Gasteiger partial charge in [0.2, 0.25) is 0 Å². The number of carboxylic acid groups (broad SMARTS) is 1. The average Bonchev–Trinajstić information content (AvgIpc) is 3.09. The molecule has 0 unspecified atom stereocenters. The third-order valence-corrected chi connectivity index (χ3v) is 3.73. The van der Waals surface area contributed by atoms with Crippen molar-refractivity contribution in [1.82, 2.24) is 16.0 Å². The molecule has 1 aliphatic heterocycles. The predicted octanol–water partition coefficient (Wildman–Crippen LogP) is -2.48. The van der Waals surface area contributed by atoms with Crippen LogP contribution in [0.15, 0.2) is 11.9 Å². The van der Waals surface area contributed by atoms with Crippen molar-refractivity contribution in [3.05, 3.63) is 11.9 Å². The fraction of sp³-hybridized carbons (Fsp3) is 0.800. The number of aliphatic hydroxyl groups is 4. The molecule has 0 spiro atoms. The number of carbonyl (C=O) groups is 1. The van der Waals surface area contributed by atoms with Gasteiger partial charge in [-0.05, 0) is 12.8 Å². The number of nitrogens with zero attached hydrogens (tertiary/aromatic N) is 1. The van der Waals surface area contributed by atoms with Crippen molar-refractivity contribution in [3.63, 3.8) is 0 Å². The smallest absolute Gasteiger partial charge is 0.303 e. The Balaban J connectivity index is 2.61. The molecule has 0 aromatic heterocycles. The molecule has 11 nitrogen and oxygen atoms in total. The van der Waals surface area contributed by atoms with Crippen molar-refractivity contribution < 1.29 is 39.8 Å². The van der Waals surface area contributed by atoms with Crippen molar-refractivity contribution in [2.75, 3.05) is 39.6 Å². The minimum absolute atomic E-state index is 0.0675. The number of nitrogens with one attached hydrogen (secondary N) is 2. The maximum absolute atomic E-state index is 10.6. The van der Waals surface area contributed by atoms with Crippen LogP contribution >= 0.6 is 0 Å². The monoisotopic (exact) mass is 379 g/mol. The van der Waals surface area contributed by atoms with E-state index >= 15 is 0 Å². The molecule has 11 heteroatoms. The van der Waals surface area contributed by atoms with Gasteiger partial charge in [0.25, 0.3) is 0 Å². The zero-order chi connectivity index (χ0) is 19.4. The first-order valence-corrected chi connectivity index (χ1v) is 8.43. The Morgan fingerprint density at radius 1 is 1.04 bits per heavy atom. The average molecular weight is 379 g/mol. The van der Waals surface area contributed by atoms with Gasteiger partial charge in [0.05, 0.1) is 45.7 Å². The fourth-order valence-electron chi connectivity index (χ4n) is 2.15. The minimum atomic E-state index is -0.855. The first-order valence-electron chi connectivity index (χ1n) is 8.43. The number of hydrogen-bond donors (Lipinski definition) is 7. The highest BCUT2D eigenvalue weighted by Gasteiger charge is 2.24. The standard InChI is InChI=1S/C15H29N3O8/c19-5-13(6-20)25-9-12(10-26-14(7-21)8-22)18-4-11(16-17-18)2-1-3-15(23)24/h4,12-14,16-17,19-22H,1-3,5-10H2,(H,23,24). The quantitative estimate of drug-likeness (QED) is 0.161. The van der Waals surface area contributed by atoms with E-state index in [2.05, 4.69) is 11.0 Å². The SMILES string of the molecule is O=C(O)CCCC1=CN(C(COC(CO)CO)COC(CO)CO)NN1. The summed E-state index contributed by atoms with van der Waals surface area (Å²) >= 11 is 0. The second kappa shape index (κ2) is 12.8. The van der Waals surface area contributed by atoms with Crippen LogP contribution in [-0.2, 0) is 14.3 Å². The highest BCUT2D eigenvalue weighted by molar-refractivity contribution is 5.66. The summed E-state index contributed by atoms with van der Waals surface area (Å²) in [6.45, 7) is -1.13. The zero-order valence-electron chi connectivity index (χ0n) is 14.6. The van der Waals surface area contributed by atoms with Crippen LogP contribution in [0, 0.1) is 0 Å². The Morgan fingerprint density at radius 2 is 1.58 bits per heavy atom. The Bertz CT molecular complexity index is 413. The molecule has 1 heterocycles. The zero-order valence-corrected chi connectivity index (χ0v) is 14.6. The maximum Gasteiger partial charge on any atom is 0.303 e. The van der Waals surface area contributed by atoms with Gasteiger partial charge in [-0.15, -0.1) is 5.53 Å². The lowest BCUT2D eigenvalue weighted by Crippen LogP contribution is -2.49. The lowest BCUT2D eigenvalue weighted by atomic mass is 10.2. The van der Waals surface area contributed by atoms with Gasteiger partial charge in [-0.2, -0.15) is 0 Å². The fourth-order valence-corrected chi connectivity index (χ4v) is 2.15. The molecule has 0 fully saturated rings. The molecule has 1 rings (SSSR count). The van der Waals surface area contributed by atoms with Crippen LogP contribution in [0.25, 0.3) is 0 Å². The van der Waals surface area contributed by atoms with E-state index < -0.39 is 18.2 Å². The van der Waals surface area contributed by atoms with Crippen LogP contribution in [0.1, 0.15) is 19.3 Å². The number of carboxylic acids is 1. The molecular formula is C15H29N3O8. The van der Waals surface area contributed by atoms with Gasteiger partial charge in [-0.1, -0.05) is 0 Å².